The molecule has 3 amide bonds. The first-order valence-electron chi connectivity index (χ1n) is 10.8. The summed E-state index contributed by atoms with van der Waals surface area (Å²) in [5.74, 6) is -0.643. The maximum Gasteiger partial charge on any atom is 0.422 e. The van der Waals surface area contributed by atoms with Gasteiger partial charge in [-0.2, -0.15) is 0 Å². The lowest BCUT2D eigenvalue weighted by molar-refractivity contribution is -0.114. The molecule has 0 radical (unpaired) electrons. The monoisotopic (exact) mass is 602 g/mol. The van der Waals surface area contributed by atoms with Gasteiger partial charge in [-0.1, -0.05) is 12.1 Å². The topological polar surface area (TPSA) is 85.4 Å². The van der Waals surface area contributed by atoms with Crippen LogP contribution in [0.25, 0.3) is 0 Å². The number of imide groups is 1. The highest BCUT2D eigenvalue weighted by Gasteiger charge is 2.45. The van der Waals surface area contributed by atoms with Crippen molar-refractivity contribution in [1.82, 2.24) is 4.90 Å². The smallest absolute Gasteiger partial charge is 0.422 e. The van der Waals surface area contributed by atoms with Crippen LogP contribution < -0.4 is 4.90 Å². The Morgan fingerprint density at radius 3 is 2.09 bits per heavy atom. The zero-order valence-electron chi connectivity index (χ0n) is 20.8. The van der Waals surface area contributed by atoms with E-state index in [4.69, 9.17) is 14.2 Å². The van der Waals surface area contributed by atoms with Gasteiger partial charge in [0.25, 0.3) is 5.91 Å². The third-order valence-corrected chi connectivity index (χ3v) is 5.81. The quantitative estimate of drug-likeness (QED) is 0.371. The van der Waals surface area contributed by atoms with Crippen LogP contribution in [0.1, 0.15) is 55.4 Å². The van der Waals surface area contributed by atoms with Crippen molar-refractivity contribution in [3.63, 3.8) is 0 Å². The third kappa shape index (κ3) is 7.29. The van der Waals surface area contributed by atoms with Crippen molar-refractivity contribution in [2.45, 2.75) is 78.4 Å². The van der Waals surface area contributed by atoms with Crippen molar-refractivity contribution >= 4 is 55.6 Å². The summed E-state index contributed by atoms with van der Waals surface area (Å²) in [5, 5.41) is 0. The van der Waals surface area contributed by atoms with E-state index in [0.717, 1.165) is 4.90 Å². The molecular weight excluding hydrogens is 572 g/mol. The number of nitrogens with zero attached hydrogens (tertiary/aromatic N) is 2. The number of ether oxygens (including phenoxy) is 3. The van der Waals surface area contributed by atoms with E-state index in [-0.39, 0.29) is 6.61 Å². The summed E-state index contributed by atoms with van der Waals surface area (Å²) in [6.07, 6.45) is 1.38. The highest BCUT2D eigenvalue weighted by atomic mass is 79.9. The molecule has 1 atom stereocenters. The summed E-state index contributed by atoms with van der Waals surface area (Å²) in [6, 6.07) is 4.62. The maximum atomic E-state index is 13.3. The number of carbonyl (C=O) groups excluding carboxylic acids is 3. The van der Waals surface area contributed by atoms with Crippen molar-refractivity contribution in [1.29, 1.82) is 0 Å². The van der Waals surface area contributed by atoms with Crippen LogP contribution >= 0.6 is 31.9 Å². The predicted octanol–water partition coefficient (Wildman–Crippen LogP) is 6.41. The summed E-state index contributed by atoms with van der Waals surface area (Å²) < 4.78 is 17.8. The summed E-state index contributed by atoms with van der Waals surface area (Å²) in [5.41, 5.74) is -2.14. The first-order chi connectivity index (χ1) is 15.4. The molecule has 1 aromatic carbocycles. The van der Waals surface area contributed by atoms with Gasteiger partial charge in [0.15, 0.2) is 0 Å². The first kappa shape index (κ1) is 28.3. The number of hydrogen-bond acceptors (Lipinski definition) is 6. The third-order valence-electron chi connectivity index (χ3n) is 4.53. The highest BCUT2D eigenvalue weighted by molar-refractivity contribution is 9.11. The normalized spacial score (nSPS) is 18.2. The van der Waals surface area contributed by atoms with E-state index in [2.05, 4.69) is 31.9 Å². The fourth-order valence-corrected chi connectivity index (χ4v) is 4.56. The van der Waals surface area contributed by atoms with Gasteiger partial charge < -0.3 is 14.2 Å². The van der Waals surface area contributed by atoms with E-state index < -0.39 is 41.1 Å². The van der Waals surface area contributed by atoms with Gasteiger partial charge in [0.1, 0.15) is 16.9 Å². The summed E-state index contributed by atoms with van der Waals surface area (Å²) in [6.45, 7) is 14.1. The molecule has 1 saturated heterocycles. The van der Waals surface area contributed by atoms with Crippen LogP contribution in [0.3, 0.4) is 0 Å². The minimum Gasteiger partial charge on any atom is -0.444 e. The van der Waals surface area contributed by atoms with E-state index in [1.807, 2.05) is 0 Å². The number of rotatable bonds is 3. The van der Waals surface area contributed by atoms with Crippen LogP contribution in [0.4, 0.5) is 15.3 Å². The molecule has 1 heterocycles. The van der Waals surface area contributed by atoms with Gasteiger partial charge in [-0.3, -0.25) is 9.69 Å². The van der Waals surface area contributed by atoms with Crippen molar-refractivity contribution in [3.8, 4) is 0 Å². The predicted molar refractivity (Wildman–Crippen MR) is 137 cm³/mol. The molecule has 0 N–H and O–H groups in total. The Balaban J connectivity index is 2.39. The lowest BCUT2D eigenvalue weighted by Crippen LogP contribution is -2.49. The first-order valence-corrected chi connectivity index (χ1v) is 12.4. The standard InChI is InChI=1S/C24H32Br2N2O6/c1-22(2,3)33-20(30)27(19-16(25)10-9-11-17(19)26)18(29)13-12-15-14-32-24(7,8)28(15)21(31)34-23(4,5)6/h9-13,15H,14H2,1-8H3/b13-12+/t15-/m0/s1. The van der Waals surface area contributed by atoms with Crippen LogP contribution in [0.15, 0.2) is 39.3 Å². The van der Waals surface area contributed by atoms with E-state index in [1.54, 1.807) is 73.6 Å². The van der Waals surface area contributed by atoms with Crippen LogP contribution in [0.5, 0.6) is 0 Å². The molecule has 0 bridgehead atoms. The zero-order chi connectivity index (χ0) is 26.1. The van der Waals surface area contributed by atoms with E-state index in [0.29, 0.717) is 14.6 Å². The molecule has 1 fully saturated rings. The molecule has 2 rings (SSSR count). The SMILES string of the molecule is CC(C)(C)OC(=O)N(C(=O)/C=C/[C@H]1COC(C)(C)N1C(=O)OC(C)(C)C)c1c(Br)cccc1Br. The Labute approximate surface area is 217 Å². The van der Waals surface area contributed by atoms with Crippen molar-refractivity contribution in [2.75, 3.05) is 11.5 Å². The minimum absolute atomic E-state index is 0.168. The van der Waals surface area contributed by atoms with Gasteiger partial charge in [0.05, 0.1) is 18.3 Å². The number of carbonyl (C=O) groups is 3. The number of anilines is 1. The Kier molecular flexibility index (Phi) is 8.64. The number of para-hydroxylation sites is 1. The summed E-state index contributed by atoms with van der Waals surface area (Å²) in [7, 11) is 0. The van der Waals surface area contributed by atoms with Crippen LogP contribution in [0, 0.1) is 0 Å². The van der Waals surface area contributed by atoms with Gasteiger partial charge in [-0.25, -0.2) is 14.5 Å². The molecule has 0 saturated carbocycles. The molecule has 8 nitrogen and oxygen atoms in total. The zero-order valence-corrected chi connectivity index (χ0v) is 23.9. The molecule has 10 heteroatoms. The number of amides is 3. The fourth-order valence-electron chi connectivity index (χ4n) is 3.21. The molecule has 188 valence electrons. The Hall–Kier alpha value is -1.91. The van der Waals surface area contributed by atoms with E-state index in [9.17, 15) is 14.4 Å². The van der Waals surface area contributed by atoms with Crippen LogP contribution in [-0.4, -0.2) is 52.6 Å². The summed E-state index contributed by atoms with van der Waals surface area (Å²) >= 11 is 6.82. The number of halogens is 2. The largest absolute Gasteiger partial charge is 0.444 e. The molecule has 0 aliphatic carbocycles. The molecule has 0 aromatic heterocycles. The van der Waals surface area contributed by atoms with Crippen LogP contribution in [0.2, 0.25) is 0 Å². The van der Waals surface area contributed by atoms with Crippen molar-refractivity contribution in [2.24, 2.45) is 0 Å². The van der Waals surface area contributed by atoms with E-state index >= 15 is 0 Å². The lowest BCUT2D eigenvalue weighted by Gasteiger charge is -2.34. The average molecular weight is 604 g/mol. The summed E-state index contributed by atoms with van der Waals surface area (Å²) in [4.78, 5) is 41.6. The van der Waals surface area contributed by atoms with Gasteiger partial charge in [-0.05, 0) is 99.4 Å². The Bertz CT molecular complexity index is 958. The minimum atomic E-state index is -0.934. The van der Waals surface area contributed by atoms with Gasteiger partial charge in [0, 0.05) is 15.0 Å². The Morgan fingerprint density at radius 1 is 1.06 bits per heavy atom. The van der Waals surface area contributed by atoms with Gasteiger partial charge >= 0.3 is 12.2 Å². The highest BCUT2D eigenvalue weighted by Crippen LogP contribution is 2.36. The molecule has 0 spiro atoms. The molecule has 1 aromatic rings. The molecule has 1 aliphatic heterocycles. The molecule has 1 aliphatic rings. The lowest BCUT2D eigenvalue weighted by atomic mass is 10.2. The molecule has 34 heavy (non-hydrogen) atoms. The van der Waals surface area contributed by atoms with Crippen molar-refractivity contribution < 1.29 is 28.6 Å². The molecule has 0 unspecified atom stereocenters. The van der Waals surface area contributed by atoms with Crippen LogP contribution in [-0.2, 0) is 19.0 Å². The van der Waals surface area contributed by atoms with Gasteiger partial charge in [-0.15, -0.1) is 0 Å². The number of hydrogen-bond donors (Lipinski definition) is 0. The van der Waals surface area contributed by atoms with Gasteiger partial charge in [0.2, 0.25) is 0 Å². The van der Waals surface area contributed by atoms with Crippen molar-refractivity contribution in [3.05, 3.63) is 39.3 Å². The maximum absolute atomic E-state index is 13.3. The fraction of sp³-hybridized carbons (Fsp3) is 0.542. The molecular formula is C24H32Br2N2O6. The average Bonchev–Trinajstić information content (AvgIpc) is 2.94. The second-order valence-electron chi connectivity index (χ2n) is 10.3. The van der Waals surface area contributed by atoms with E-state index in [1.165, 1.54) is 17.1 Å². The second kappa shape index (κ2) is 10.4. The number of benzene rings is 1. The Morgan fingerprint density at radius 2 is 1.59 bits per heavy atom. The second-order valence-corrected chi connectivity index (χ2v) is 12.0.